The zero-order chi connectivity index (χ0) is 24.7. The number of primary amides is 1. The van der Waals surface area contributed by atoms with Gasteiger partial charge in [-0.1, -0.05) is 13.0 Å². The summed E-state index contributed by atoms with van der Waals surface area (Å²) in [4.78, 5) is 31.6. The molecule has 2 heterocycles. The van der Waals surface area contributed by atoms with E-state index in [0.717, 1.165) is 38.6 Å². The van der Waals surface area contributed by atoms with Crippen molar-refractivity contribution < 1.29 is 41.0 Å². The van der Waals surface area contributed by atoms with E-state index in [9.17, 15) is 31.5 Å². The number of anilines is 1. The molecule has 3 N–H and O–H groups in total. The Morgan fingerprint density at radius 3 is 2.48 bits per heavy atom. The molecule has 1 aliphatic rings. The number of ether oxygens (including phenoxy) is 2. The molecule has 1 aliphatic heterocycles. The van der Waals surface area contributed by atoms with Crippen LogP contribution in [0.15, 0.2) is 24.5 Å². The van der Waals surface area contributed by atoms with Gasteiger partial charge in [-0.15, -0.1) is 0 Å². The van der Waals surface area contributed by atoms with Gasteiger partial charge in [0, 0.05) is 23.5 Å². The molecular formula is C20H19F5N4O4. The number of halogens is 5. The highest BCUT2D eigenvalue weighted by molar-refractivity contribution is 5.96. The summed E-state index contributed by atoms with van der Waals surface area (Å²) in [6, 6.07) is 2.79. The Morgan fingerprint density at radius 2 is 1.91 bits per heavy atom. The van der Waals surface area contributed by atoms with Gasteiger partial charge < -0.3 is 20.5 Å². The van der Waals surface area contributed by atoms with Crippen LogP contribution in [0.25, 0.3) is 0 Å². The lowest BCUT2D eigenvalue weighted by Crippen LogP contribution is -2.47. The molecule has 1 aromatic carbocycles. The van der Waals surface area contributed by atoms with Crippen molar-refractivity contribution >= 4 is 17.6 Å². The molecule has 4 atom stereocenters. The molecule has 0 spiro atoms. The summed E-state index contributed by atoms with van der Waals surface area (Å²) >= 11 is 0. The first-order valence-electron chi connectivity index (χ1n) is 9.51. The first-order chi connectivity index (χ1) is 15.3. The minimum atomic E-state index is -4.90. The van der Waals surface area contributed by atoms with Gasteiger partial charge >= 0.3 is 6.18 Å². The van der Waals surface area contributed by atoms with Crippen LogP contribution in [0.2, 0.25) is 0 Å². The van der Waals surface area contributed by atoms with Gasteiger partial charge in [-0.2, -0.15) is 17.6 Å². The zero-order valence-electron chi connectivity index (χ0n) is 17.5. The summed E-state index contributed by atoms with van der Waals surface area (Å²) in [7, 11) is 1.02. The Kier molecular flexibility index (Phi) is 6.29. The zero-order valence-corrected chi connectivity index (χ0v) is 17.5. The summed E-state index contributed by atoms with van der Waals surface area (Å²) in [6.07, 6.45) is -5.79. The largest absolute Gasteiger partial charge is 0.493 e. The number of carbonyl (C=O) groups is 2. The first-order valence-corrected chi connectivity index (χ1v) is 9.51. The Labute approximate surface area is 184 Å². The second kappa shape index (κ2) is 8.54. The van der Waals surface area contributed by atoms with Gasteiger partial charge in [0.05, 0.1) is 7.11 Å². The fourth-order valence-electron chi connectivity index (χ4n) is 3.80. The molecule has 2 amide bonds. The quantitative estimate of drug-likeness (QED) is 0.644. The van der Waals surface area contributed by atoms with Gasteiger partial charge in [-0.05, 0) is 13.0 Å². The summed E-state index contributed by atoms with van der Waals surface area (Å²) in [5.41, 5.74) is 1.88. The van der Waals surface area contributed by atoms with Crippen LogP contribution in [-0.2, 0) is 9.53 Å². The summed E-state index contributed by atoms with van der Waals surface area (Å²) in [5, 5.41) is 2.25. The van der Waals surface area contributed by atoms with Crippen molar-refractivity contribution in [2.24, 2.45) is 11.7 Å². The molecule has 178 valence electrons. The maximum absolute atomic E-state index is 14.3. The molecule has 2 aromatic rings. The molecule has 0 bridgehead atoms. The molecule has 1 saturated heterocycles. The molecule has 0 aliphatic carbocycles. The van der Waals surface area contributed by atoms with Crippen molar-refractivity contribution in [3.05, 3.63) is 47.4 Å². The minimum Gasteiger partial charge on any atom is -0.493 e. The second-order valence-corrected chi connectivity index (χ2v) is 7.58. The van der Waals surface area contributed by atoms with E-state index >= 15 is 0 Å². The van der Waals surface area contributed by atoms with Crippen molar-refractivity contribution in [1.82, 2.24) is 9.97 Å². The number of alkyl halides is 3. The molecule has 3 rings (SSSR count). The molecule has 0 radical (unpaired) electrons. The van der Waals surface area contributed by atoms with Gasteiger partial charge in [-0.25, -0.2) is 14.4 Å². The van der Waals surface area contributed by atoms with Crippen LogP contribution in [0.1, 0.15) is 35.8 Å². The van der Waals surface area contributed by atoms with E-state index in [1.807, 2.05) is 0 Å². The van der Waals surface area contributed by atoms with Crippen molar-refractivity contribution in [3.63, 3.8) is 0 Å². The fourth-order valence-corrected chi connectivity index (χ4v) is 3.80. The summed E-state index contributed by atoms with van der Waals surface area (Å²) in [6.45, 7) is 1.95. The number of aromatic nitrogens is 2. The lowest BCUT2D eigenvalue weighted by Gasteiger charge is -2.32. The van der Waals surface area contributed by atoms with E-state index in [4.69, 9.17) is 15.2 Å². The molecular weight excluding hydrogens is 455 g/mol. The average Bonchev–Trinajstić information content (AvgIpc) is 3.02. The molecule has 0 saturated carbocycles. The van der Waals surface area contributed by atoms with E-state index in [-0.39, 0.29) is 17.1 Å². The van der Waals surface area contributed by atoms with E-state index in [0.29, 0.717) is 0 Å². The number of amides is 2. The third kappa shape index (κ3) is 4.19. The Balaban J connectivity index is 2.07. The predicted molar refractivity (Wildman–Crippen MR) is 103 cm³/mol. The van der Waals surface area contributed by atoms with Crippen LogP contribution in [0.3, 0.4) is 0 Å². The van der Waals surface area contributed by atoms with Gasteiger partial charge in [0.1, 0.15) is 23.9 Å². The van der Waals surface area contributed by atoms with E-state index in [1.165, 1.54) is 6.92 Å². The lowest BCUT2D eigenvalue weighted by atomic mass is 9.77. The normalized spacial score (nSPS) is 25.0. The number of methoxy groups -OCH3 is 1. The van der Waals surface area contributed by atoms with Gasteiger partial charge in [0.2, 0.25) is 5.82 Å². The number of nitrogens with zero attached hydrogens (tertiary/aromatic N) is 2. The minimum absolute atomic E-state index is 0.183. The molecule has 13 heteroatoms. The van der Waals surface area contributed by atoms with Crippen molar-refractivity contribution in [2.75, 3.05) is 12.4 Å². The van der Waals surface area contributed by atoms with E-state index < -0.39 is 58.9 Å². The van der Waals surface area contributed by atoms with Crippen molar-refractivity contribution in [2.45, 2.75) is 37.6 Å². The molecule has 0 unspecified atom stereocenters. The van der Waals surface area contributed by atoms with Crippen LogP contribution < -0.4 is 15.8 Å². The second-order valence-electron chi connectivity index (χ2n) is 7.58. The predicted octanol–water partition coefficient (Wildman–Crippen LogP) is 2.94. The molecule has 33 heavy (non-hydrogen) atoms. The number of hydrogen-bond acceptors (Lipinski definition) is 6. The third-order valence-electron chi connectivity index (χ3n) is 5.74. The number of hydrogen-bond donors (Lipinski definition) is 2. The first kappa shape index (κ1) is 24.3. The molecule has 1 fully saturated rings. The summed E-state index contributed by atoms with van der Waals surface area (Å²) < 4.78 is 80.0. The Hall–Kier alpha value is -3.35. The topological polar surface area (TPSA) is 116 Å². The van der Waals surface area contributed by atoms with Crippen LogP contribution in [0, 0.1) is 17.6 Å². The van der Waals surface area contributed by atoms with E-state index in [2.05, 4.69) is 15.3 Å². The average molecular weight is 474 g/mol. The number of benzene rings is 1. The smallest absolute Gasteiger partial charge is 0.417 e. The van der Waals surface area contributed by atoms with Crippen LogP contribution in [0.5, 0.6) is 5.75 Å². The molecule has 8 nitrogen and oxygen atoms in total. The maximum atomic E-state index is 14.3. The molecule has 1 aromatic heterocycles. The van der Waals surface area contributed by atoms with Crippen molar-refractivity contribution in [3.8, 4) is 5.75 Å². The van der Waals surface area contributed by atoms with Gasteiger partial charge in [-0.3, -0.25) is 9.59 Å². The van der Waals surface area contributed by atoms with Crippen LogP contribution in [-0.4, -0.2) is 46.8 Å². The SMILES string of the molecule is COc1c([C@H]2[C@H](C(=O)Nc3cc(C(N)=O)ncn3)O[C@](C)(C(F)(F)F)[C@H]2C)ccc(F)c1F. The lowest BCUT2D eigenvalue weighted by molar-refractivity contribution is -0.272. The Morgan fingerprint density at radius 1 is 1.24 bits per heavy atom. The van der Waals surface area contributed by atoms with Crippen molar-refractivity contribution in [1.29, 1.82) is 0 Å². The number of nitrogens with two attached hydrogens (primary N) is 1. The number of carbonyl (C=O) groups excluding carboxylic acids is 2. The third-order valence-corrected chi connectivity index (χ3v) is 5.74. The monoisotopic (exact) mass is 474 g/mol. The highest BCUT2D eigenvalue weighted by Gasteiger charge is 2.65. The highest BCUT2D eigenvalue weighted by atomic mass is 19.4. The fraction of sp³-hybridized carbons (Fsp3) is 0.400. The van der Waals surface area contributed by atoms with Crippen LogP contribution in [0.4, 0.5) is 27.8 Å². The van der Waals surface area contributed by atoms with Crippen LogP contribution >= 0.6 is 0 Å². The van der Waals surface area contributed by atoms with E-state index in [1.54, 1.807) is 0 Å². The standard InChI is InChI=1S/C20H19F5N4O4/c1-8-13(9-4-5-10(21)14(22)15(9)32-3)16(33-19(8,2)20(23,24)25)18(31)29-12-6-11(17(26)30)27-7-28-12/h4-8,13,16H,1-3H3,(H2,26,30)(H,27,28,29,31)/t8-,13-,16+,19-/m0/s1. The summed E-state index contributed by atoms with van der Waals surface area (Å²) in [5.74, 6) is -8.36. The van der Waals surface area contributed by atoms with Gasteiger partial charge in [0.25, 0.3) is 11.8 Å². The number of rotatable bonds is 5. The Bertz CT molecular complexity index is 1100. The highest BCUT2D eigenvalue weighted by Crippen LogP contribution is 2.54. The number of nitrogens with one attached hydrogen (secondary N) is 1. The van der Waals surface area contributed by atoms with Gasteiger partial charge in [0.15, 0.2) is 17.2 Å². The maximum Gasteiger partial charge on any atom is 0.417 e.